The van der Waals surface area contributed by atoms with E-state index >= 15 is 0 Å². The summed E-state index contributed by atoms with van der Waals surface area (Å²) in [4.78, 5) is 0. The molecule has 2 unspecified atom stereocenters. The summed E-state index contributed by atoms with van der Waals surface area (Å²) in [5.41, 5.74) is 17.1. The van der Waals surface area contributed by atoms with E-state index in [1.54, 1.807) is 5.57 Å². The molecule has 5 aliphatic carbocycles. The molecule has 4 heteroatoms. The van der Waals surface area contributed by atoms with Crippen LogP contribution in [0.15, 0.2) is 96.1 Å². The summed E-state index contributed by atoms with van der Waals surface area (Å²) in [6.07, 6.45) is 26.3. The van der Waals surface area contributed by atoms with E-state index in [0.29, 0.717) is 5.92 Å². The second-order valence-corrected chi connectivity index (χ2v) is 61.3. The molecule has 5 aliphatic rings. The van der Waals surface area contributed by atoms with E-state index in [1.165, 1.54) is 158 Å². The molecule has 0 amide bonds. The molecule has 0 heterocycles. The molecule has 3 fully saturated rings. The second kappa shape index (κ2) is 16.2. The van der Waals surface area contributed by atoms with E-state index in [9.17, 15) is 0 Å². The van der Waals surface area contributed by atoms with Crippen molar-refractivity contribution in [3.8, 4) is 22.3 Å². The molecule has 4 aromatic rings. The van der Waals surface area contributed by atoms with Gasteiger partial charge in [0.05, 0.1) is 0 Å². The summed E-state index contributed by atoms with van der Waals surface area (Å²) in [7, 11) is 17.9. The number of fused-ring (bicyclic) bond motifs is 2. The Kier molecular flexibility index (Phi) is 11.5. The molecular weight excluding hydrogens is 815 g/mol. The van der Waals surface area contributed by atoms with Gasteiger partial charge in [0.25, 0.3) is 0 Å². The van der Waals surface area contributed by atoms with Crippen molar-refractivity contribution < 1.29 is 15.6 Å². The first-order valence-corrected chi connectivity index (χ1v) is 39.0. The van der Waals surface area contributed by atoms with Gasteiger partial charge in [0.1, 0.15) is 0 Å². The molecule has 2 atom stereocenters. The maximum atomic E-state index is 8.95. The van der Waals surface area contributed by atoms with Crippen LogP contribution in [0.1, 0.15) is 162 Å². The first kappa shape index (κ1) is 39.5. The Morgan fingerprint density at radius 1 is 0.518 bits per heavy atom. The summed E-state index contributed by atoms with van der Waals surface area (Å²) >= 11 is -4.90. The fourth-order valence-corrected chi connectivity index (χ4v) is 43.7. The molecule has 0 N–H and O–H groups in total. The zero-order valence-corrected chi connectivity index (χ0v) is 39.4. The van der Waals surface area contributed by atoms with Crippen LogP contribution < -0.4 is 0 Å². The molecule has 0 aliphatic heterocycles. The van der Waals surface area contributed by atoms with E-state index in [-0.39, 0.29) is 7.25 Å². The van der Waals surface area contributed by atoms with Crippen molar-refractivity contribution in [2.45, 2.75) is 142 Å². The van der Waals surface area contributed by atoms with Crippen molar-refractivity contribution in [3.05, 3.63) is 129 Å². The van der Waals surface area contributed by atoms with Crippen LogP contribution in [0, 0.1) is 5.92 Å². The van der Waals surface area contributed by atoms with Gasteiger partial charge in [-0.1, -0.05) is 0 Å². The van der Waals surface area contributed by atoms with Crippen LogP contribution in [0.25, 0.3) is 34.4 Å². The Morgan fingerprint density at radius 2 is 0.946 bits per heavy atom. The first-order valence-electron chi connectivity index (χ1n) is 22.7. The van der Waals surface area contributed by atoms with Gasteiger partial charge in [0.15, 0.2) is 0 Å². The Labute approximate surface area is 347 Å². The van der Waals surface area contributed by atoms with Crippen LogP contribution in [0.4, 0.5) is 0 Å². The summed E-state index contributed by atoms with van der Waals surface area (Å²) in [6.45, 7) is 7.40. The SMILES string of the molecule is CCC1=Cc2c(-c3ccc(C4CCCCC4)cc3)cccc2[CH]1[Zr]([Cl])([Cl])([CH]1C(C2CCCCC2)=Cc2c(-c3ccc(C4CCCCC4)cc3)cccc21)[SiH](C)C. The molecule has 0 spiro atoms. The molecule has 0 bridgehead atoms. The minimum atomic E-state index is -4.90. The Bertz CT molecular complexity index is 2110. The van der Waals surface area contributed by atoms with E-state index in [1.807, 2.05) is 0 Å². The molecule has 4 aromatic carbocycles. The third-order valence-corrected chi connectivity index (χ3v) is 67.3. The Balaban J connectivity index is 1.15. The van der Waals surface area contributed by atoms with Crippen LogP contribution in [0.3, 0.4) is 0 Å². The molecule has 3 saturated carbocycles. The number of allylic oxidation sites excluding steroid dienone is 2. The standard InChI is InChI=1S/C27H31.C23H25.C2H7Si.2ClH.Zr/c1-3-8-20(9-4-1)22-14-16-23(17-15-22)26-13-7-12-24-18-25(19-27(24)26)21-10-5-2-6-11-21;1-2-17-15-21-9-6-10-22(23(21)16-17)20-13-11-19(12-14-20)18-7-4-3-5-8-18;1-3-2;;;/h7,12-21H,1-6,8-11H2;6,9-16,18H,2-5,7-8H2,1H3;3H,1-2H3;2*1H;/q;;;;;+2/p-2. The summed E-state index contributed by atoms with van der Waals surface area (Å²) in [6, 6.07) is 33.6. The average Bonchev–Trinajstić information content (AvgIpc) is 3.86. The Hall–Kier alpha value is -1.96. The van der Waals surface area contributed by atoms with Crippen molar-refractivity contribution >= 4 is 35.1 Å². The monoisotopic (exact) mass is 875 g/mol. The van der Waals surface area contributed by atoms with Crippen LogP contribution in [-0.4, -0.2) is 5.92 Å². The second-order valence-electron chi connectivity index (χ2n) is 18.8. The quantitative estimate of drug-likeness (QED) is 0.147. The van der Waals surface area contributed by atoms with Gasteiger partial charge in [-0.3, -0.25) is 0 Å². The van der Waals surface area contributed by atoms with Crippen LogP contribution in [0.2, 0.25) is 13.1 Å². The van der Waals surface area contributed by atoms with Crippen molar-refractivity contribution in [2.75, 3.05) is 0 Å². The maximum absolute atomic E-state index is 8.95. The average molecular weight is 878 g/mol. The number of rotatable bonds is 9. The predicted octanol–water partition coefficient (Wildman–Crippen LogP) is 16.7. The van der Waals surface area contributed by atoms with Gasteiger partial charge < -0.3 is 0 Å². The van der Waals surface area contributed by atoms with Crippen molar-refractivity contribution in [1.29, 1.82) is 0 Å². The predicted molar refractivity (Wildman–Crippen MR) is 244 cm³/mol. The van der Waals surface area contributed by atoms with Crippen LogP contribution in [0.5, 0.6) is 0 Å². The van der Waals surface area contributed by atoms with Gasteiger partial charge in [-0.2, -0.15) is 0 Å². The fourth-order valence-electron chi connectivity index (χ4n) is 12.3. The molecule has 56 heavy (non-hydrogen) atoms. The van der Waals surface area contributed by atoms with Gasteiger partial charge in [-0.25, -0.2) is 0 Å². The molecule has 0 aromatic heterocycles. The van der Waals surface area contributed by atoms with Gasteiger partial charge >= 0.3 is 350 Å². The van der Waals surface area contributed by atoms with Gasteiger partial charge in [0.2, 0.25) is 0 Å². The van der Waals surface area contributed by atoms with E-state index < -0.39 is 21.5 Å². The van der Waals surface area contributed by atoms with Crippen molar-refractivity contribution in [1.82, 2.24) is 0 Å². The number of halogens is 2. The van der Waals surface area contributed by atoms with Gasteiger partial charge in [-0.15, -0.1) is 0 Å². The molecule has 9 rings (SSSR count). The van der Waals surface area contributed by atoms with Crippen LogP contribution in [-0.2, 0) is 15.6 Å². The number of hydrogen-bond donors (Lipinski definition) is 0. The molecule has 0 nitrogen and oxygen atoms in total. The van der Waals surface area contributed by atoms with E-state index in [4.69, 9.17) is 17.0 Å². The summed E-state index contributed by atoms with van der Waals surface area (Å²) in [5, 5.41) is 0. The first-order chi connectivity index (χ1) is 27.3. The summed E-state index contributed by atoms with van der Waals surface area (Å²) in [5.74, 6) is 0.345. The fraction of sp³-hybridized carbons (Fsp3) is 0.462. The minimum absolute atomic E-state index is 0.134. The molecule has 0 radical (unpaired) electrons. The number of hydrogen-bond acceptors (Lipinski definition) is 0. The van der Waals surface area contributed by atoms with E-state index in [0.717, 1.165) is 18.3 Å². The van der Waals surface area contributed by atoms with Gasteiger partial charge in [0, 0.05) is 0 Å². The molecule has 0 saturated heterocycles. The van der Waals surface area contributed by atoms with E-state index in [2.05, 4.69) is 117 Å². The van der Waals surface area contributed by atoms with Crippen LogP contribution >= 0.6 is 17.0 Å². The van der Waals surface area contributed by atoms with Gasteiger partial charge in [-0.05, 0) is 0 Å². The zero-order chi connectivity index (χ0) is 38.5. The molecular formula is C52H63Cl2SiZr. The summed E-state index contributed by atoms with van der Waals surface area (Å²) < 4.78 is 0.282. The van der Waals surface area contributed by atoms with Crippen molar-refractivity contribution in [3.63, 3.8) is 0 Å². The molecule has 293 valence electrons. The normalized spacial score (nSPS) is 23.0. The Morgan fingerprint density at radius 3 is 1.39 bits per heavy atom. The van der Waals surface area contributed by atoms with Crippen molar-refractivity contribution in [2.24, 2.45) is 5.92 Å². The number of benzene rings is 4. The zero-order valence-electron chi connectivity index (χ0n) is 34.3. The third-order valence-electron chi connectivity index (χ3n) is 15.5. The third kappa shape index (κ3) is 6.91. The topological polar surface area (TPSA) is 0 Å².